The van der Waals surface area contributed by atoms with Gasteiger partial charge in [-0.15, -0.1) is 0 Å². The van der Waals surface area contributed by atoms with Crippen molar-refractivity contribution in [2.75, 3.05) is 0 Å². The lowest BCUT2D eigenvalue weighted by molar-refractivity contribution is 0.0978. The quantitative estimate of drug-likeness (QED) is 0.739. The minimum Gasteiger partial charge on any atom is -0.353 e. The molecule has 1 aromatic carbocycles. The minimum absolute atomic E-state index is 0.107. The van der Waals surface area contributed by atoms with Gasteiger partial charge in [0.15, 0.2) is 5.78 Å². The molecule has 3 nitrogen and oxygen atoms in total. The Hall–Kier alpha value is -1.90. The molecule has 0 unspecified atom stereocenters. The molecule has 0 aliphatic carbocycles. The van der Waals surface area contributed by atoms with Gasteiger partial charge in [0.2, 0.25) is 5.76 Å². The van der Waals surface area contributed by atoms with Crippen molar-refractivity contribution < 1.29 is 9.32 Å². The Bertz CT molecular complexity index is 497. The molecule has 82 valence electrons. The fraction of sp³-hybridized carbons (Fsp3) is 0.231. The Kier molecular flexibility index (Phi) is 2.86. The van der Waals surface area contributed by atoms with E-state index in [0.29, 0.717) is 11.5 Å². The first-order valence-electron chi connectivity index (χ1n) is 5.27. The lowest BCUT2D eigenvalue weighted by Crippen LogP contribution is -1.86. The van der Waals surface area contributed by atoms with Crippen molar-refractivity contribution in [3.63, 3.8) is 0 Å². The van der Waals surface area contributed by atoms with Crippen molar-refractivity contribution in [3.8, 4) is 11.3 Å². The molecule has 0 saturated heterocycles. The molecule has 0 spiro atoms. The van der Waals surface area contributed by atoms with E-state index in [1.807, 2.05) is 12.1 Å². The van der Waals surface area contributed by atoms with Gasteiger partial charge in [0.1, 0.15) is 5.69 Å². The summed E-state index contributed by atoms with van der Waals surface area (Å²) in [5.41, 5.74) is 2.94. The van der Waals surface area contributed by atoms with Gasteiger partial charge in [-0.1, -0.05) is 36.3 Å². The molecule has 1 heterocycles. The summed E-state index contributed by atoms with van der Waals surface area (Å²) in [6.45, 7) is 3.57. The number of carbonyl (C=O) groups is 1. The number of carbonyl (C=O) groups excluding carboxylic acids is 1. The van der Waals surface area contributed by atoms with E-state index in [1.165, 1.54) is 12.5 Å². The van der Waals surface area contributed by atoms with Gasteiger partial charge in [-0.2, -0.15) is 0 Å². The highest BCUT2D eigenvalue weighted by Crippen LogP contribution is 2.20. The lowest BCUT2D eigenvalue weighted by Gasteiger charge is -1.97. The molecule has 0 bridgehead atoms. The normalized spacial score (nSPS) is 10.4. The molecular formula is C13H13NO2. The Morgan fingerprint density at radius 2 is 2.00 bits per heavy atom. The Balaban J connectivity index is 2.31. The highest BCUT2D eigenvalue weighted by atomic mass is 16.5. The van der Waals surface area contributed by atoms with Crippen LogP contribution in [0.2, 0.25) is 0 Å². The molecule has 2 rings (SSSR count). The molecule has 0 aliphatic heterocycles. The smallest absolute Gasteiger partial charge is 0.202 e. The number of hydrogen-bond acceptors (Lipinski definition) is 3. The zero-order valence-corrected chi connectivity index (χ0v) is 9.36. The van der Waals surface area contributed by atoms with Crippen LogP contribution in [-0.2, 0) is 6.42 Å². The van der Waals surface area contributed by atoms with Gasteiger partial charge in [-0.25, -0.2) is 0 Å². The maximum atomic E-state index is 11.1. The molecule has 0 amide bonds. The van der Waals surface area contributed by atoms with Gasteiger partial charge < -0.3 is 4.52 Å². The first-order chi connectivity index (χ1) is 7.70. The lowest BCUT2D eigenvalue weighted by atomic mass is 10.1. The number of aryl methyl sites for hydroxylation is 1. The first-order valence-corrected chi connectivity index (χ1v) is 5.27. The first kappa shape index (κ1) is 10.6. The monoisotopic (exact) mass is 215 g/mol. The van der Waals surface area contributed by atoms with Gasteiger partial charge in [0, 0.05) is 18.6 Å². The molecule has 0 atom stereocenters. The second kappa shape index (κ2) is 4.31. The molecule has 2 aromatic rings. The summed E-state index contributed by atoms with van der Waals surface area (Å²) < 4.78 is 4.94. The maximum Gasteiger partial charge on any atom is 0.202 e. The van der Waals surface area contributed by atoms with E-state index in [0.717, 1.165) is 12.0 Å². The van der Waals surface area contributed by atoms with Crippen molar-refractivity contribution in [1.82, 2.24) is 5.16 Å². The van der Waals surface area contributed by atoms with Crippen LogP contribution in [0.5, 0.6) is 0 Å². The number of hydrogen-bond donors (Lipinski definition) is 0. The van der Waals surface area contributed by atoms with E-state index in [9.17, 15) is 4.79 Å². The van der Waals surface area contributed by atoms with Crippen LogP contribution in [0.15, 0.2) is 34.9 Å². The van der Waals surface area contributed by atoms with E-state index in [-0.39, 0.29) is 5.78 Å². The molecule has 16 heavy (non-hydrogen) atoms. The summed E-state index contributed by atoms with van der Waals surface area (Å²) in [6.07, 6.45) is 1.01. The molecule has 1 aromatic heterocycles. The summed E-state index contributed by atoms with van der Waals surface area (Å²) in [6, 6.07) is 9.75. The predicted molar refractivity (Wildman–Crippen MR) is 61.3 cm³/mol. The molecule has 0 saturated carbocycles. The van der Waals surface area contributed by atoms with Crippen LogP contribution >= 0.6 is 0 Å². The summed E-state index contributed by atoms with van der Waals surface area (Å²) in [5, 5.41) is 3.87. The van der Waals surface area contributed by atoms with Crippen LogP contribution in [0.3, 0.4) is 0 Å². The van der Waals surface area contributed by atoms with Crippen LogP contribution < -0.4 is 0 Å². The van der Waals surface area contributed by atoms with E-state index in [1.54, 1.807) is 6.07 Å². The molecule has 0 N–H and O–H groups in total. The fourth-order valence-corrected chi connectivity index (χ4v) is 1.49. The van der Waals surface area contributed by atoms with Gasteiger partial charge in [-0.05, 0) is 12.0 Å². The van der Waals surface area contributed by atoms with Crippen LogP contribution in [-0.4, -0.2) is 10.9 Å². The molecular weight excluding hydrogens is 202 g/mol. The third-order valence-electron chi connectivity index (χ3n) is 2.52. The van der Waals surface area contributed by atoms with Crippen LogP contribution in [0.4, 0.5) is 0 Å². The van der Waals surface area contributed by atoms with Gasteiger partial charge >= 0.3 is 0 Å². The zero-order valence-electron chi connectivity index (χ0n) is 9.36. The van der Waals surface area contributed by atoms with Crippen molar-refractivity contribution >= 4 is 5.78 Å². The Labute approximate surface area is 94.1 Å². The van der Waals surface area contributed by atoms with Gasteiger partial charge in [0.05, 0.1) is 0 Å². The number of nitrogens with zero attached hydrogens (tertiary/aromatic N) is 1. The average molecular weight is 215 g/mol. The fourth-order valence-electron chi connectivity index (χ4n) is 1.49. The topological polar surface area (TPSA) is 43.1 Å². The van der Waals surface area contributed by atoms with E-state index >= 15 is 0 Å². The van der Waals surface area contributed by atoms with Crippen molar-refractivity contribution in [2.24, 2.45) is 0 Å². The Morgan fingerprint density at radius 3 is 2.50 bits per heavy atom. The number of aromatic nitrogens is 1. The minimum atomic E-state index is -0.107. The summed E-state index contributed by atoms with van der Waals surface area (Å²) in [7, 11) is 0. The number of rotatable bonds is 3. The predicted octanol–water partition coefficient (Wildman–Crippen LogP) is 3.11. The summed E-state index contributed by atoms with van der Waals surface area (Å²) in [5.74, 6) is 0.193. The molecule has 0 radical (unpaired) electrons. The third-order valence-corrected chi connectivity index (χ3v) is 2.52. The maximum absolute atomic E-state index is 11.1. The SMILES string of the molecule is CCc1ccc(-c2cc(C(C)=O)on2)cc1. The van der Waals surface area contributed by atoms with Crippen LogP contribution in [0, 0.1) is 0 Å². The van der Waals surface area contributed by atoms with Gasteiger partial charge in [0.25, 0.3) is 0 Å². The molecule has 0 aliphatic rings. The van der Waals surface area contributed by atoms with Crippen LogP contribution in [0.25, 0.3) is 11.3 Å². The highest BCUT2D eigenvalue weighted by Gasteiger charge is 2.09. The van der Waals surface area contributed by atoms with E-state index in [4.69, 9.17) is 4.52 Å². The summed E-state index contributed by atoms with van der Waals surface area (Å²) in [4.78, 5) is 11.1. The number of benzene rings is 1. The van der Waals surface area contributed by atoms with Crippen molar-refractivity contribution in [2.45, 2.75) is 20.3 Å². The van der Waals surface area contributed by atoms with Crippen molar-refractivity contribution in [3.05, 3.63) is 41.7 Å². The standard InChI is InChI=1S/C13H13NO2/c1-3-10-4-6-11(7-5-10)12-8-13(9(2)15)16-14-12/h4-8H,3H2,1-2H3. The highest BCUT2D eigenvalue weighted by molar-refractivity contribution is 5.92. The second-order valence-electron chi connectivity index (χ2n) is 3.68. The second-order valence-corrected chi connectivity index (χ2v) is 3.68. The third kappa shape index (κ3) is 2.03. The number of Topliss-reactive ketones (excluding diaryl/α,β-unsaturated/α-hetero) is 1. The largest absolute Gasteiger partial charge is 0.353 e. The number of ketones is 1. The zero-order chi connectivity index (χ0) is 11.5. The van der Waals surface area contributed by atoms with E-state index in [2.05, 4.69) is 24.2 Å². The van der Waals surface area contributed by atoms with Crippen molar-refractivity contribution in [1.29, 1.82) is 0 Å². The van der Waals surface area contributed by atoms with Gasteiger partial charge in [-0.3, -0.25) is 4.79 Å². The Morgan fingerprint density at radius 1 is 1.31 bits per heavy atom. The van der Waals surface area contributed by atoms with Crippen LogP contribution in [0.1, 0.15) is 30.0 Å². The summed E-state index contributed by atoms with van der Waals surface area (Å²) >= 11 is 0. The molecule has 3 heteroatoms. The van der Waals surface area contributed by atoms with E-state index < -0.39 is 0 Å². The average Bonchev–Trinajstić information content (AvgIpc) is 2.78. The molecule has 0 fully saturated rings.